The fraction of sp³-hybridized carbons (Fsp3) is 0.250. The number of halogens is 3. The molecule has 0 aliphatic carbocycles. The third kappa shape index (κ3) is 4.76. The molecule has 1 aliphatic heterocycles. The Hall–Kier alpha value is -3.01. The summed E-state index contributed by atoms with van der Waals surface area (Å²) >= 11 is 0.601. The first-order valence-electron chi connectivity index (χ1n) is 8.77. The van der Waals surface area contributed by atoms with Crippen molar-refractivity contribution in [1.82, 2.24) is 4.90 Å². The molecular formula is C20H16F3NO5S. The Morgan fingerprint density at radius 1 is 1.20 bits per heavy atom. The molecule has 10 heteroatoms. The lowest BCUT2D eigenvalue weighted by molar-refractivity contribution is -0.149. The summed E-state index contributed by atoms with van der Waals surface area (Å²) in [7, 11) is 0. The van der Waals surface area contributed by atoms with E-state index in [4.69, 9.17) is 9.15 Å². The van der Waals surface area contributed by atoms with Gasteiger partial charge < -0.3 is 9.15 Å². The van der Waals surface area contributed by atoms with Crippen LogP contribution < -0.4 is 0 Å². The summed E-state index contributed by atoms with van der Waals surface area (Å²) in [6, 6.07) is 7.69. The highest BCUT2D eigenvalue weighted by atomic mass is 32.2. The van der Waals surface area contributed by atoms with Gasteiger partial charge in [0.1, 0.15) is 18.1 Å². The predicted octanol–water partition coefficient (Wildman–Crippen LogP) is 4.95. The number of carbonyl (C=O) groups is 3. The number of amides is 2. The van der Waals surface area contributed by atoms with Crippen molar-refractivity contribution in [3.63, 3.8) is 0 Å². The number of ether oxygens (including phenoxy) is 1. The molecule has 158 valence electrons. The second-order valence-electron chi connectivity index (χ2n) is 6.55. The highest BCUT2D eigenvalue weighted by Crippen LogP contribution is 2.38. The summed E-state index contributed by atoms with van der Waals surface area (Å²) in [5.74, 6) is -1.37. The van der Waals surface area contributed by atoms with Crippen LogP contribution in [0.2, 0.25) is 0 Å². The van der Waals surface area contributed by atoms with Gasteiger partial charge in [-0.2, -0.15) is 13.2 Å². The molecule has 0 N–H and O–H groups in total. The molecule has 2 aromatic rings. The van der Waals surface area contributed by atoms with E-state index in [0.29, 0.717) is 11.8 Å². The van der Waals surface area contributed by atoms with Crippen molar-refractivity contribution in [2.24, 2.45) is 0 Å². The van der Waals surface area contributed by atoms with Crippen molar-refractivity contribution < 1.29 is 36.7 Å². The zero-order valence-electron chi connectivity index (χ0n) is 15.9. The number of nitrogens with zero attached hydrogens (tertiary/aromatic N) is 1. The van der Waals surface area contributed by atoms with Crippen LogP contribution in [0.15, 0.2) is 45.7 Å². The largest absolute Gasteiger partial charge is 0.462 e. The molecule has 0 atom stereocenters. The zero-order valence-corrected chi connectivity index (χ0v) is 16.7. The first-order valence-corrected chi connectivity index (χ1v) is 9.59. The lowest BCUT2D eigenvalue weighted by Crippen LogP contribution is -2.35. The van der Waals surface area contributed by atoms with Crippen LogP contribution >= 0.6 is 11.8 Å². The topological polar surface area (TPSA) is 76.8 Å². The number of thioether (sulfide) groups is 1. The average molecular weight is 439 g/mol. The van der Waals surface area contributed by atoms with Gasteiger partial charge in [-0.1, -0.05) is 18.2 Å². The fourth-order valence-electron chi connectivity index (χ4n) is 2.72. The molecule has 0 radical (unpaired) electrons. The van der Waals surface area contributed by atoms with Gasteiger partial charge in [-0.25, -0.2) is 0 Å². The van der Waals surface area contributed by atoms with Crippen LogP contribution in [0.3, 0.4) is 0 Å². The highest BCUT2D eigenvalue weighted by molar-refractivity contribution is 8.18. The van der Waals surface area contributed by atoms with E-state index in [-0.39, 0.29) is 22.0 Å². The van der Waals surface area contributed by atoms with Gasteiger partial charge in [-0.15, -0.1) is 0 Å². The van der Waals surface area contributed by atoms with E-state index < -0.39 is 41.5 Å². The number of furan rings is 1. The summed E-state index contributed by atoms with van der Waals surface area (Å²) in [5, 5.41) is -0.652. The lowest BCUT2D eigenvalue weighted by atomic mass is 10.1. The molecule has 1 saturated heterocycles. The number of benzene rings is 1. The SMILES string of the molecule is CC(C)OC(=O)CN1C(=O)S/C(=C/c2ccc(-c3ccccc3C(F)(F)F)o2)C1=O. The number of carbonyl (C=O) groups excluding carboxylic acids is 3. The Morgan fingerprint density at radius 3 is 2.57 bits per heavy atom. The molecule has 2 heterocycles. The summed E-state index contributed by atoms with van der Waals surface area (Å²) in [6.45, 7) is 2.75. The number of imide groups is 1. The second kappa shape index (κ2) is 8.39. The van der Waals surface area contributed by atoms with Crippen molar-refractivity contribution >= 4 is 35.0 Å². The molecule has 0 saturated carbocycles. The molecule has 0 unspecified atom stereocenters. The van der Waals surface area contributed by atoms with Crippen LogP contribution in [0.5, 0.6) is 0 Å². The number of rotatable bonds is 5. The van der Waals surface area contributed by atoms with E-state index in [9.17, 15) is 27.6 Å². The molecule has 1 aromatic carbocycles. The monoisotopic (exact) mass is 439 g/mol. The van der Waals surface area contributed by atoms with Gasteiger partial charge in [-0.05, 0) is 43.8 Å². The smallest absolute Gasteiger partial charge is 0.417 e. The van der Waals surface area contributed by atoms with Gasteiger partial charge in [0.25, 0.3) is 11.1 Å². The first-order chi connectivity index (χ1) is 14.1. The summed E-state index contributed by atoms with van der Waals surface area (Å²) < 4.78 is 50.0. The van der Waals surface area contributed by atoms with E-state index in [2.05, 4.69) is 0 Å². The van der Waals surface area contributed by atoms with Crippen molar-refractivity contribution in [3.05, 3.63) is 52.6 Å². The molecule has 1 aromatic heterocycles. The maximum absolute atomic E-state index is 13.2. The fourth-order valence-corrected chi connectivity index (χ4v) is 3.53. The van der Waals surface area contributed by atoms with E-state index >= 15 is 0 Å². The third-order valence-corrected chi connectivity index (χ3v) is 4.83. The average Bonchev–Trinajstić information content (AvgIpc) is 3.21. The van der Waals surface area contributed by atoms with Crippen LogP contribution in [0.1, 0.15) is 25.2 Å². The second-order valence-corrected chi connectivity index (χ2v) is 7.55. The van der Waals surface area contributed by atoms with E-state index in [1.54, 1.807) is 13.8 Å². The van der Waals surface area contributed by atoms with Crippen molar-refractivity contribution in [2.75, 3.05) is 6.54 Å². The van der Waals surface area contributed by atoms with Crippen molar-refractivity contribution in [1.29, 1.82) is 0 Å². The summed E-state index contributed by atoms with van der Waals surface area (Å²) in [5.41, 5.74) is -0.996. The van der Waals surface area contributed by atoms with Crippen LogP contribution in [-0.2, 0) is 20.5 Å². The van der Waals surface area contributed by atoms with E-state index in [1.807, 2.05) is 0 Å². The Morgan fingerprint density at radius 2 is 1.90 bits per heavy atom. The summed E-state index contributed by atoms with van der Waals surface area (Å²) in [4.78, 5) is 36.9. The Labute approximate surface area is 173 Å². The molecule has 6 nitrogen and oxygen atoms in total. The van der Waals surface area contributed by atoms with Crippen LogP contribution in [0.25, 0.3) is 17.4 Å². The summed E-state index contributed by atoms with van der Waals surface area (Å²) in [6.07, 6.45) is -3.70. The van der Waals surface area contributed by atoms with E-state index in [0.717, 1.165) is 11.0 Å². The van der Waals surface area contributed by atoms with Crippen LogP contribution in [0.4, 0.5) is 18.0 Å². The van der Waals surface area contributed by atoms with Crippen LogP contribution in [0, 0.1) is 0 Å². The molecule has 30 heavy (non-hydrogen) atoms. The molecule has 0 bridgehead atoms. The molecule has 1 aliphatic rings. The molecule has 1 fully saturated rings. The Balaban J connectivity index is 1.82. The predicted molar refractivity (Wildman–Crippen MR) is 103 cm³/mol. The quantitative estimate of drug-likeness (QED) is 0.485. The third-order valence-electron chi connectivity index (χ3n) is 3.93. The lowest BCUT2D eigenvalue weighted by Gasteiger charge is -2.13. The van der Waals surface area contributed by atoms with Crippen LogP contribution in [-0.4, -0.2) is 34.7 Å². The normalized spacial score (nSPS) is 16.1. The van der Waals surface area contributed by atoms with Gasteiger partial charge in [-0.3, -0.25) is 19.3 Å². The van der Waals surface area contributed by atoms with Gasteiger partial charge in [0.2, 0.25) is 0 Å². The number of alkyl halides is 3. The highest BCUT2D eigenvalue weighted by Gasteiger charge is 2.37. The molecule has 3 rings (SSSR count). The van der Waals surface area contributed by atoms with Gasteiger partial charge in [0.15, 0.2) is 0 Å². The minimum atomic E-state index is -4.56. The maximum Gasteiger partial charge on any atom is 0.417 e. The molecular weight excluding hydrogens is 423 g/mol. The Bertz CT molecular complexity index is 1030. The standard InChI is InChI=1S/C20H16F3NO5S/c1-11(2)28-17(25)10-24-18(26)16(30-19(24)27)9-12-7-8-15(29-12)13-5-3-4-6-14(13)20(21,22)23/h3-9,11H,10H2,1-2H3/b16-9+. The van der Waals surface area contributed by atoms with Crippen molar-refractivity contribution in [2.45, 2.75) is 26.1 Å². The van der Waals surface area contributed by atoms with Gasteiger partial charge in [0.05, 0.1) is 16.6 Å². The zero-order chi connectivity index (χ0) is 22.1. The number of hydrogen-bond acceptors (Lipinski definition) is 6. The number of hydrogen-bond donors (Lipinski definition) is 0. The van der Waals surface area contributed by atoms with Gasteiger partial charge >= 0.3 is 12.1 Å². The molecule has 0 spiro atoms. The van der Waals surface area contributed by atoms with E-state index in [1.165, 1.54) is 36.4 Å². The molecule has 2 amide bonds. The maximum atomic E-state index is 13.2. The first kappa shape index (κ1) is 21.7. The van der Waals surface area contributed by atoms with Crippen molar-refractivity contribution in [3.8, 4) is 11.3 Å². The van der Waals surface area contributed by atoms with Gasteiger partial charge in [0, 0.05) is 11.6 Å². The minimum Gasteiger partial charge on any atom is -0.462 e. The number of esters is 1. The Kier molecular flexibility index (Phi) is 6.06. The minimum absolute atomic E-state index is 0.0117.